The number of nitrogens with one attached hydrogen (secondary N) is 1. The third-order valence-electron chi connectivity index (χ3n) is 5.46. The molecule has 0 aromatic heterocycles. The summed E-state index contributed by atoms with van der Waals surface area (Å²) in [7, 11) is -3.53. The first-order valence-corrected chi connectivity index (χ1v) is 13.7. The van der Waals surface area contributed by atoms with Gasteiger partial charge in [-0.1, -0.05) is 47.6 Å². The van der Waals surface area contributed by atoms with Gasteiger partial charge in [0.25, 0.3) is 0 Å². The highest BCUT2D eigenvalue weighted by Crippen LogP contribution is 2.22. The summed E-state index contributed by atoms with van der Waals surface area (Å²) in [5.74, 6) is 1.84. The predicted octanol–water partition coefficient (Wildman–Crippen LogP) is 4.54. The van der Waals surface area contributed by atoms with Crippen LogP contribution < -0.4 is 10.1 Å². The van der Waals surface area contributed by atoms with Crippen molar-refractivity contribution >= 4 is 27.3 Å². The van der Waals surface area contributed by atoms with Crippen molar-refractivity contribution in [1.29, 1.82) is 0 Å². The fourth-order valence-electron chi connectivity index (χ4n) is 3.57. The molecule has 1 atom stereocenters. The molecule has 1 unspecified atom stereocenters. The standard InChI is InChI=1S/C26H28N2O4S2/c1-20(22-9-13-26(14-10-22)34(29,30)25-5-3-2-4-6-25)28-32-16-15-31-23-11-7-21(8-12-23)17-24-18-27-19-33-24/h2-14,24,27H,15-19H2,1H3. The maximum absolute atomic E-state index is 12.7. The number of benzene rings is 3. The minimum atomic E-state index is -3.53. The van der Waals surface area contributed by atoms with Gasteiger partial charge in [0.05, 0.1) is 15.5 Å². The van der Waals surface area contributed by atoms with Gasteiger partial charge in [-0.2, -0.15) is 0 Å². The Balaban J connectivity index is 1.23. The van der Waals surface area contributed by atoms with Crippen LogP contribution in [0.25, 0.3) is 0 Å². The molecule has 0 aliphatic carbocycles. The minimum absolute atomic E-state index is 0.245. The van der Waals surface area contributed by atoms with Crippen molar-refractivity contribution in [2.45, 2.75) is 28.4 Å². The van der Waals surface area contributed by atoms with Crippen molar-refractivity contribution in [2.24, 2.45) is 5.16 Å². The van der Waals surface area contributed by atoms with E-state index in [-0.39, 0.29) is 9.79 Å². The normalized spacial score (nSPS) is 16.4. The molecule has 1 heterocycles. The topological polar surface area (TPSA) is 77.0 Å². The second kappa shape index (κ2) is 11.6. The summed E-state index contributed by atoms with van der Waals surface area (Å²) >= 11 is 1.96. The lowest BCUT2D eigenvalue weighted by Crippen LogP contribution is -2.14. The van der Waals surface area contributed by atoms with Crippen LogP contribution in [0.15, 0.2) is 93.8 Å². The van der Waals surface area contributed by atoms with E-state index in [1.807, 2.05) is 30.8 Å². The van der Waals surface area contributed by atoms with E-state index in [4.69, 9.17) is 9.57 Å². The number of sulfone groups is 1. The molecule has 8 heteroatoms. The molecule has 3 aromatic rings. The summed E-state index contributed by atoms with van der Waals surface area (Å²) in [5, 5.41) is 8.14. The molecule has 0 saturated carbocycles. The summed E-state index contributed by atoms with van der Waals surface area (Å²) in [6, 6.07) is 23.2. The molecular weight excluding hydrogens is 468 g/mol. The zero-order valence-corrected chi connectivity index (χ0v) is 20.6. The van der Waals surface area contributed by atoms with Gasteiger partial charge < -0.3 is 14.9 Å². The number of hydrogen-bond acceptors (Lipinski definition) is 7. The summed E-state index contributed by atoms with van der Waals surface area (Å²) in [5.41, 5.74) is 2.76. The zero-order valence-electron chi connectivity index (χ0n) is 19.0. The van der Waals surface area contributed by atoms with E-state index in [0.29, 0.717) is 24.2 Å². The van der Waals surface area contributed by atoms with Gasteiger partial charge >= 0.3 is 0 Å². The first-order chi connectivity index (χ1) is 16.5. The molecule has 1 fully saturated rings. The quantitative estimate of drug-likeness (QED) is 0.252. The molecule has 1 N–H and O–H groups in total. The van der Waals surface area contributed by atoms with E-state index >= 15 is 0 Å². The molecule has 4 rings (SSSR count). The maximum atomic E-state index is 12.7. The van der Waals surface area contributed by atoms with Gasteiger partial charge in [-0.3, -0.25) is 0 Å². The van der Waals surface area contributed by atoms with Crippen molar-refractivity contribution in [2.75, 3.05) is 25.6 Å². The Morgan fingerprint density at radius 3 is 2.35 bits per heavy atom. The molecule has 34 heavy (non-hydrogen) atoms. The lowest BCUT2D eigenvalue weighted by Gasteiger charge is -2.09. The largest absolute Gasteiger partial charge is 0.490 e. The molecule has 0 radical (unpaired) electrons. The molecule has 178 valence electrons. The van der Waals surface area contributed by atoms with Gasteiger partial charge in [0, 0.05) is 17.7 Å². The summed E-state index contributed by atoms with van der Waals surface area (Å²) < 4.78 is 31.1. The van der Waals surface area contributed by atoms with Crippen LogP contribution in [0.1, 0.15) is 18.1 Å². The first kappa shape index (κ1) is 24.3. The van der Waals surface area contributed by atoms with E-state index < -0.39 is 9.84 Å². The predicted molar refractivity (Wildman–Crippen MR) is 136 cm³/mol. The highest BCUT2D eigenvalue weighted by atomic mass is 32.2. The van der Waals surface area contributed by atoms with E-state index in [1.165, 1.54) is 5.56 Å². The molecule has 0 spiro atoms. The summed E-state index contributed by atoms with van der Waals surface area (Å²) in [6.07, 6.45) is 1.06. The van der Waals surface area contributed by atoms with Crippen LogP contribution in [-0.4, -0.2) is 45.0 Å². The van der Waals surface area contributed by atoms with Gasteiger partial charge in [-0.05, 0) is 60.9 Å². The number of nitrogens with zero attached hydrogens (tertiary/aromatic N) is 1. The Labute approximate surface area is 205 Å². The fraction of sp³-hybridized carbons (Fsp3) is 0.269. The molecule has 6 nitrogen and oxygen atoms in total. The van der Waals surface area contributed by atoms with Gasteiger partial charge in [0.1, 0.15) is 12.4 Å². The van der Waals surface area contributed by atoms with Crippen LogP contribution in [0, 0.1) is 0 Å². The first-order valence-electron chi connectivity index (χ1n) is 11.1. The van der Waals surface area contributed by atoms with E-state index in [0.717, 1.165) is 30.2 Å². The number of oxime groups is 1. The number of hydrogen-bond donors (Lipinski definition) is 1. The Bertz CT molecular complexity index is 1190. The minimum Gasteiger partial charge on any atom is -0.490 e. The van der Waals surface area contributed by atoms with E-state index in [9.17, 15) is 8.42 Å². The van der Waals surface area contributed by atoms with E-state index in [2.05, 4.69) is 22.6 Å². The molecule has 1 aliphatic rings. The van der Waals surface area contributed by atoms with Crippen molar-refractivity contribution in [3.63, 3.8) is 0 Å². The van der Waals surface area contributed by atoms with Gasteiger partial charge in [0.2, 0.25) is 9.84 Å². The van der Waals surface area contributed by atoms with Crippen LogP contribution in [0.5, 0.6) is 5.75 Å². The second-order valence-electron chi connectivity index (χ2n) is 7.93. The monoisotopic (exact) mass is 496 g/mol. The average molecular weight is 497 g/mol. The van der Waals surface area contributed by atoms with E-state index in [1.54, 1.807) is 54.6 Å². The molecule has 1 saturated heterocycles. The molecule has 0 amide bonds. The Morgan fingerprint density at radius 2 is 1.68 bits per heavy atom. The Kier molecular flexibility index (Phi) is 8.26. The molecule has 3 aromatic carbocycles. The van der Waals surface area contributed by atoms with Crippen LogP contribution in [0.3, 0.4) is 0 Å². The number of rotatable bonds is 10. The fourth-order valence-corrected chi connectivity index (χ4v) is 5.87. The van der Waals surface area contributed by atoms with Gasteiger partial charge in [-0.15, -0.1) is 11.8 Å². The average Bonchev–Trinajstić information content (AvgIpc) is 3.38. The summed E-state index contributed by atoms with van der Waals surface area (Å²) in [6.45, 7) is 3.58. The highest BCUT2D eigenvalue weighted by Gasteiger charge is 2.17. The Morgan fingerprint density at radius 1 is 0.971 bits per heavy atom. The van der Waals surface area contributed by atoms with Gasteiger partial charge in [0.15, 0.2) is 6.61 Å². The van der Waals surface area contributed by atoms with Crippen LogP contribution in [-0.2, 0) is 21.1 Å². The smallest absolute Gasteiger partial charge is 0.206 e. The lowest BCUT2D eigenvalue weighted by atomic mass is 10.1. The van der Waals surface area contributed by atoms with Crippen LogP contribution in [0.4, 0.5) is 0 Å². The SMILES string of the molecule is CC(=NOCCOc1ccc(CC2CNCS2)cc1)c1ccc(S(=O)(=O)c2ccccc2)cc1. The highest BCUT2D eigenvalue weighted by molar-refractivity contribution is 8.00. The second-order valence-corrected chi connectivity index (χ2v) is 11.2. The Hall–Kier alpha value is -2.81. The third kappa shape index (κ3) is 6.40. The number of ether oxygens (including phenoxy) is 1. The third-order valence-corrected chi connectivity index (χ3v) is 8.42. The number of thioether (sulfide) groups is 1. The van der Waals surface area contributed by atoms with Crippen molar-refractivity contribution in [3.05, 3.63) is 90.0 Å². The maximum Gasteiger partial charge on any atom is 0.206 e. The van der Waals surface area contributed by atoms with Crippen LogP contribution in [0.2, 0.25) is 0 Å². The molecular formula is C26H28N2O4S2. The zero-order chi connectivity index (χ0) is 23.8. The van der Waals surface area contributed by atoms with Crippen LogP contribution >= 0.6 is 11.8 Å². The van der Waals surface area contributed by atoms with Gasteiger partial charge in [-0.25, -0.2) is 8.42 Å². The summed E-state index contributed by atoms with van der Waals surface area (Å²) in [4.78, 5) is 5.90. The lowest BCUT2D eigenvalue weighted by molar-refractivity contribution is 0.107. The van der Waals surface area contributed by atoms with Crippen molar-refractivity contribution in [3.8, 4) is 5.75 Å². The molecule has 1 aliphatic heterocycles. The van der Waals surface area contributed by atoms with Crippen molar-refractivity contribution in [1.82, 2.24) is 5.32 Å². The van der Waals surface area contributed by atoms with Crippen molar-refractivity contribution < 1.29 is 18.0 Å². The molecule has 0 bridgehead atoms.